The van der Waals surface area contributed by atoms with E-state index in [4.69, 9.17) is 48.5 Å². The van der Waals surface area contributed by atoms with Crippen LogP contribution in [-0.2, 0) is 35.2 Å². The fourth-order valence-electron chi connectivity index (χ4n) is 2.70. The summed E-state index contributed by atoms with van der Waals surface area (Å²) >= 11 is 0. The standard InChI is InChI=1S/C11H12N2O2.C6H13NO2.C4H8N2O3.C4H7NO4/c12-9(11(14)15)5-7-6-13-10-4-2-1-3-8(7)10;1-3-4(2)5(7)6(8)9;2*5-2(4(8)9)1-3(6)7/h1-4,6,9,13H,5,12H2,(H,14,15);4-5H,3,7H2,1-2H3,(H,8,9);2H,1,5H2,(H2,6,7)(H,8,9);2H,1,5H2,(H,6,7)(H,8,9)/t9-;4-,5-;2*2-/m0000/s1. The smallest absolute Gasteiger partial charge is 0.321 e. The number of aromatic amines is 1. The van der Waals surface area contributed by atoms with Gasteiger partial charge < -0.3 is 59.2 Å². The molecule has 0 saturated carbocycles. The third-order valence-corrected chi connectivity index (χ3v) is 5.42. The van der Waals surface area contributed by atoms with Crippen molar-refractivity contribution in [2.75, 3.05) is 0 Å². The number of carbonyl (C=O) groups is 6. The number of rotatable bonds is 12. The Bertz CT molecular complexity index is 1150. The average Bonchev–Trinajstić information content (AvgIpc) is 3.30. The Balaban J connectivity index is 0. The lowest BCUT2D eigenvalue weighted by Crippen LogP contribution is -2.36. The van der Waals surface area contributed by atoms with Crippen LogP contribution in [0.15, 0.2) is 30.5 Å². The van der Waals surface area contributed by atoms with Crippen molar-refractivity contribution in [2.24, 2.45) is 34.6 Å². The third kappa shape index (κ3) is 17.2. The molecule has 1 aromatic heterocycles. The van der Waals surface area contributed by atoms with Crippen molar-refractivity contribution in [3.8, 4) is 0 Å². The number of carbonyl (C=O) groups excluding carboxylic acids is 1. The zero-order valence-electron chi connectivity index (χ0n) is 23.2. The fraction of sp³-hybridized carbons (Fsp3) is 0.440. The monoisotopic (exact) mass is 600 g/mol. The molecule has 5 atom stereocenters. The van der Waals surface area contributed by atoms with E-state index in [0.29, 0.717) is 6.42 Å². The summed E-state index contributed by atoms with van der Waals surface area (Å²) in [6.07, 6.45) is 2.13. The topological polar surface area (TPSA) is 349 Å². The van der Waals surface area contributed by atoms with Gasteiger partial charge in [0.2, 0.25) is 5.91 Å². The molecular weight excluding hydrogens is 560 g/mol. The van der Waals surface area contributed by atoms with Crippen molar-refractivity contribution >= 4 is 46.7 Å². The molecule has 2 aromatic rings. The number of nitrogens with one attached hydrogen (secondary N) is 1. The van der Waals surface area contributed by atoms with E-state index in [0.717, 1.165) is 22.9 Å². The molecule has 0 bridgehead atoms. The number of aliphatic carboxylic acids is 5. The number of nitrogens with two attached hydrogens (primary N) is 5. The van der Waals surface area contributed by atoms with Crippen molar-refractivity contribution in [3.05, 3.63) is 36.0 Å². The molecule has 2 rings (SSSR count). The first-order chi connectivity index (χ1) is 19.3. The van der Waals surface area contributed by atoms with Crippen molar-refractivity contribution in [2.45, 2.75) is 63.7 Å². The predicted octanol–water partition coefficient (Wildman–Crippen LogP) is -1.29. The summed E-state index contributed by atoms with van der Waals surface area (Å²) in [6, 6.07) is 3.76. The number of fused-ring (bicyclic) bond motifs is 1. The van der Waals surface area contributed by atoms with E-state index in [-0.39, 0.29) is 12.3 Å². The lowest BCUT2D eigenvalue weighted by Gasteiger charge is -2.11. The number of hydrogen-bond donors (Lipinski definition) is 11. The number of amides is 1. The Morgan fingerprint density at radius 2 is 1.24 bits per heavy atom. The number of hydrogen-bond acceptors (Lipinski definition) is 10. The molecule has 0 aliphatic heterocycles. The minimum atomic E-state index is -1.29. The van der Waals surface area contributed by atoms with Gasteiger partial charge in [0.25, 0.3) is 0 Å². The number of carboxylic acids is 5. The second-order valence-corrected chi connectivity index (χ2v) is 8.92. The van der Waals surface area contributed by atoms with E-state index < -0.39 is 66.3 Å². The Morgan fingerprint density at radius 3 is 1.57 bits per heavy atom. The first kappa shape index (κ1) is 39.6. The van der Waals surface area contributed by atoms with Crippen LogP contribution < -0.4 is 28.7 Å². The van der Waals surface area contributed by atoms with Gasteiger partial charge in [-0.1, -0.05) is 38.5 Å². The van der Waals surface area contributed by atoms with Crippen LogP contribution in [0.5, 0.6) is 0 Å². The molecule has 1 aromatic carbocycles. The summed E-state index contributed by atoms with van der Waals surface area (Å²) < 4.78 is 0. The third-order valence-electron chi connectivity index (χ3n) is 5.42. The molecule has 0 unspecified atom stereocenters. The molecule has 0 aliphatic carbocycles. The molecular formula is C25H40N6O11. The van der Waals surface area contributed by atoms with Gasteiger partial charge in [-0.3, -0.25) is 28.8 Å². The second-order valence-electron chi connectivity index (χ2n) is 8.92. The molecule has 1 amide bonds. The van der Waals surface area contributed by atoms with Crippen molar-refractivity contribution < 1.29 is 54.3 Å². The molecule has 236 valence electrons. The van der Waals surface area contributed by atoms with Gasteiger partial charge in [-0.05, 0) is 17.5 Å². The number of para-hydroxylation sites is 1. The minimum Gasteiger partial charge on any atom is -0.481 e. The number of carboxylic acid groups (broad SMARTS) is 5. The van der Waals surface area contributed by atoms with Gasteiger partial charge >= 0.3 is 29.8 Å². The zero-order chi connectivity index (χ0) is 33.2. The summed E-state index contributed by atoms with van der Waals surface area (Å²) in [5, 5.41) is 42.2. The first-order valence-corrected chi connectivity index (χ1v) is 12.3. The highest BCUT2D eigenvalue weighted by Crippen LogP contribution is 2.18. The predicted molar refractivity (Wildman–Crippen MR) is 150 cm³/mol. The molecule has 42 heavy (non-hydrogen) atoms. The fourth-order valence-corrected chi connectivity index (χ4v) is 2.70. The Hall–Kier alpha value is -4.58. The highest BCUT2D eigenvalue weighted by Gasteiger charge is 2.17. The molecule has 16 N–H and O–H groups in total. The quantitative estimate of drug-likeness (QED) is 0.135. The molecule has 0 aliphatic rings. The number of benzene rings is 1. The maximum absolute atomic E-state index is 10.6. The maximum Gasteiger partial charge on any atom is 0.321 e. The van der Waals surface area contributed by atoms with Gasteiger partial charge in [-0.15, -0.1) is 0 Å². The lowest BCUT2D eigenvalue weighted by atomic mass is 10.0. The number of primary amides is 1. The highest BCUT2D eigenvalue weighted by atomic mass is 16.4. The summed E-state index contributed by atoms with van der Waals surface area (Å²) in [7, 11) is 0. The van der Waals surface area contributed by atoms with Crippen molar-refractivity contribution in [3.63, 3.8) is 0 Å². The van der Waals surface area contributed by atoms with Crippen molar-refractivity contribution in [1.82, 2.24) is 4.98 Å². The van der Waals surface area contributed by atoms with Crippen LogP contribution in [0.4, 0.5) is 0 Å². The highest BCUT2D eigenvalue weighted by molar-refractivity contribution is 5.84. The van der Waals surface area contributed by atoms with E-state index in [1.54, 1.807) is 0 Å². The van der Waals surface area contributed by atoms with E-state index in [1.165, 1.54) is 0 Å². The summed E-state index contributed by atoms with van der Waals surface area (Å²) in [6.45, 7) is 3.76. The molecule has 0 fully saturated rings. The van der Waals surface area contributed by atoms with Crippen LogP contribution >= 0.6 is 0 Å². The first-order valence-electron chi connectivity index (χ1n) is 12.3. The van der Waals surface area contributed by atoms with Crippen LogP contribution in [-0.4, -0.2) is 90.4 Å². The molecule has 0 radical (unpaired) electrons. The maximum atomic E-state index is 10.6. The van der Waals surface area contributed by atoms with Gasteiger partial charge in [-0.25, -0.2) is 0 Å². The van der Waals surface area contributed by atoms with E-state index in [1.807, 2.05) is 44.3 Å². The number of H-pyrrole nitrogens is 1. The van der Waals surface area contributed by atoms with Crippen LogP contribution in [0.3, 0.4) is 0 Å². The molecule has 17 heteroatoms. The van der Waals surface area contributed by atoms with Gasteiger partial charge in [0.1, 0.15) is 24.2 Å². The zero-order valence-corrected chi connectivity index (χ0v) is 23.2. The van der Waals surface area contributed by atoms with Gasteiger partial charge in [0, 0.05) is 23.5 Å². The second kappa shape index (κ2) is 20.3. The largest absolute Gasteiger partial charge is 0.481 e. The molecule has 0 saturated heterocycles. The van der Waals surface area contributed by atoms with Crippen molar-refractivity contribution in [1.29, 1.82) is 0 Å². The van der Waals surface area contributed by atoms with Crippen LogP contribution in [0.2, 0.25) is 0 Å². The average molecular weight is 601 g/mol. The van der Waals surface area contributed by atoms with Gasteiger partial charge in [-0.2, -0.15) is 0 Å². The molecule has 1 heterocycles. The Labute approximate surface area is 240 Å². The SMILES string of the molecule is CC[C@H](C)[C@H](N)C(=O)O.NC(=O)C[C@H](N)C(=O)O.N[C@@H](CC(=O)O)C(=O)O.N[C@@H](Cc1c[nH]c2ccccc12)C(=O)O. The summed E-state index contributed by atoms with van der Waals surface area (Å²) in [5.74, 6) is -6.23. The summed E-state index contributed by atoms with van der Waals surface area (Å²) in [4.78, 5) is 63.4. The molecule has 17 nitrogen and oxygen atoms in total. The van der Waals surface area contributed by atoms with Crippen LogP contribution in [0.1, 0.15) is 38.7 Å². The Morgan fingerprint density at radius 1 is 0.762 bits per heavy atom. The van der Waals surface area contributed by atoms with Gasteiger partial charge in [0.05, 0.1) is 12.8 Å². The van der Waals surface area contributed by atoms with Crippen LogP contribution in [0, 0.1) is 5.92 Å². The Kier molecular flexibility index (Phi) is 19.1. The summed E-state index contributed by atoms with van der Waals surface area (Å²) in [5.41, 5.74) is 27.1. The van der Waals surface area contributed by atoms with E-state index in [9.17, 15) is 28.8 Å². The molecule has 0 spiro atoms. The normalized spacial score (nSPS) is 13.6. The van der Waals surface area contributed by atoms with Crippen LogP contribution in [0.25, 0.3) is 10.9 Å². The minimum absolute atomic E-state index is 0.0718. The number of aromatic nitrogens is 1. The van der Waals surface area contributed by atoms with E-state index >= 15 is 0 Å². The van der Waals surface area contributed by atoms with Gasteiger partial charge in [0.15, 0.2) is 0 Å². The van der Waals surface area contributed by atoms with E-state index in [2.05, 4.69) is 10.7 Å². The lowest BCUT2D eigenvalue weighted by molar-refractivity contribution is -0.144.